The smallest absolute Gasteiger partial charge is 0.345 e. The molecule has 5 heteroatoms. The van der Waals surface area contributed by atoms with E-state index in [1.54, 1.807) is 12.1 Å². The molecule has 0 spiro atoms. The Labute approximate surface area is 194 Å². The molecule has 1 rings (SSSR count). The van der Waals surface area contributed by atoms with Crippen molar-refractivity contribution in [3.05, 3.63) is 17.0 Å². The fourth-order valence-electron chi connectivity index (χ4n) is 3.87. The van der Waals surface area contributed by atoms with E-state index in [2.05, 4.69) is 13.8 Å². The standard InChI is InChI=1S/C26H45NO3S/c1-3-5-7-8-9-10-11-12-13-14-15-16-17-18-22-27(24(28)19-6-4-2)25-21-20-23(31-25)26(29)30/h20-21H,3-19,22H2,1-2H3,(H,29,30). The number of carboxylic acid groups (broad SMARTS) is 1. The van der Waals surface area contributed by atoms with Crippen LogP contribution in [0.2, 0.25) is 0 Å². The molecule has 0 unspecified atom stereocenters. The maximum atomic E-state index is 12.6. The first kappa shape index (κ1) is 27.7. The third-order valence-corrected chi connectivity index (χ3v) is 6.95. The van der Waals surface area contributed by atoms with Crippen LogP contribution in [0.15, 0.2) is 12.1 Å². The predicted octanol–water partition coefficient (Wildman–Crippen LogP) is 8.45. The van der Waals surface area contributed by atoms with E-state index in [0.29, 0.717) is 17.8 Å². The molecule has 0 bridgehead atoms. The van der Waals surface area contributed by atoms with Gasteiger partial charge in [-0.05, 0) is 25.0 Å². The highest BCUT2D eigenvalue weighted by Crippen LogP contribution is 2.27. The summed E-state index contributed by atoms with van der Waals surface area (Å²) in [5, 5.41) is 9.95. The number of aromatic carboxylic acids is 1. The predicted molar refractivity (Wildman–Crippen MR) is 133 cm³/mol. The maximum absolute atomic E-state index is 12.6. The molecule has 178 valence electrons. The van der Waals surface area contributed by atoms with Crippen molar-refractivity contribution in [1.29, 1.82) is 0 Å². The molecule has 0 aromatic carbocycles. The molecular formula is C26H45NO3S. The Bertz CT molecular complexity index is 599. The number of anilines is 1. The zero-order chi connectivity index (χ0) is 22.7. The van der Waals surface area contributed by atoms with Gasteiger partial charge in [-0.15, -0.1) is 11.3 Å². The lowest BCUT2D eigenvalue weighted by Crippen LogP contribution is -2.31. The second-order valence-electron chi connectivity index (χ2n) is 8.69. The van der Waals surface area contributed by atoms with Crippen molar-refractivity contribution in [2.45, 2.75) is 123 Å². The molecule has 0 saturated carbocycles. The molecule has 31 heavy (non-hydrogen) atoms. The number of nitrogens with zero attached hydrogens (tertiary/aromatic N) is 1. The number of thiophene rings is 1. The van der Waals surface area contributed by atoms with Crippen LogP contribution in [0.3, 0.4) is 0 Å². The molecule has 1 aromatic heterocycles. The van der Waals surface area contributed by atoms with Gasteiger partial charge in [-0.25, -0.2) is 4.79 Å². The first-order valence-electron chi connectivity index (χ1n) is 12.7. The van der Waals surface area contributed by atoms with Crippen LogP contribution in [0.5, 0.6) is 0 Å². The Kier molecular flexibility index (Phi) is 16.3. The van der Waals surface area contributed by atoms with Gasteiger partial charge in [0.1, 0.15) is 4.88 Å². The van der Waals surface area contributed by atoms with E-state index in [4.69, 9.17) is 0 Å². The summed E-state index contributed by atoms with van der Waals surface area (Å²) in [4.78, 5) is 25.9. The van der Waals surface area contributed by atoms with Crippen molar-refractivity contribution in [3.8, 4) is 0 Å². The van der Waals surface area contributed by atoms with Gasteiger partial charge in [0.25, 0.3) is 0 Å². The Morgan fingerprint density at radius 3 is 1.68 bits per heavy atom. The first-order valence-corrected chi connectivity index (χ1v) is 13.5. The molecule has 0 aliphatic rings. The average molecular weight is 452 g/mol. The minimum absolute atomic E-state index is 0.121. The second kappa shape index (κ2) is 18.2. The summed E-state index contributed by atoms with van der Waals surface area (Å²) in [6, 6.07) is 3.38. The Morgan fingerprint density at radius 2 is 1.23 bits per heavy atom. The number of carbonyl (C=O) groups is 2. The molecule has 1 aromatic rings. The van der Waals surface area contributed by atoms with Gasteiger partial charge in [-0.1, -0.05) is 104 Å². The first-order chi connectivity index (χ1) is 15.1. The quantitative estimate of drug-likeness (QED) is 0.202. The Hall–Kier alpha value is -1.36. The average Bonchev–Trinajstić information content (AvgIpc) is 3.25. The third-order valence-electron chi connectivity index (χ3n) is 5.85. The van der Waals surface area contributed by atoms with Crippen LogP contribution < -0.4 is 4.90 Å². The molecule has 0 fully saturated rings. The lowest BCUT2D eigenvalue weighted by molar-refractivity contribution is -0.118. The van der Waals surface area contributed by atoms with Gasteiger partial charge in [0.15, 0.2) is 0 Å². The van der Waals surface area contributed by atoms with Crippen LogP contribution in [-0.4, -0.2) is 23.5 Å². The fourth-order valence-corrected chi connectivity index (χ4v) is 4.76. The molecule has 0 saturated heterocycles. The highest BCUT2D eigenvalue weighted by molar-refractivity contribution is 7.18. The van der Waals surface area contributed by atoms with Crippen LogP contribution in [0.25, 0.3) is 0 Å². The minimum Gasteiger partial charge on any atom is -0.477 e. The van der Waals surface area contributed by atoms with Crippen LogP contribution in [0.4, 0.5) is 5.00 Å². The number of carbonyl (C=O) groups excluding carboxylic acids is 1. The monoisotopic (exact) mass is 451 g/mol. The SMILES string of the molecule is CCCCCCCCCCCCCCCCN(C(=O)CCCC)c1ccc(C(=O)O)s1. The highest BCUT2D eigenvalue weighted by Gasteiger charge is 2.18. The number of hydrogen-bond donors (Lipinski definition) is 1. The van der Waals surface area contributed by atoms with Crippen LogP contribution >= 0.6 is 11.3 Å². The topological polar surface area (TPSA) is 57.6 Å². The van der Waals surface area contributed by atoms with Crippen molar-refractivity contribution in [2.24, 2.45) is 0 Å². The van der Waals surface area contributed by atoms with E-state index in [1.165, 1.54) is 88.4 Å². The van der Waals surface area contributed by atoms with E-state index in [-0.39, 0.29) is 5.91 Å². The summed E-state index contributed by atoms with van der Waals surface area (Å²) in [7, 11) is 0. The lowest BCUT2D eigenvalue weighted by Gasteiger charge is -2.21. The summed E-state index contributed by atoms with van der Waals surface area (Å²) < 4.78 is 0. The zero-order valence-corrected chi connectivity index (χ0v) is 20.8. The van der Waals surface area contributed by atoms with E-state index in [0.717, 1.165) is 30.7 Å². The van der Waals surface area contributed by atoms with Crippen LogP contribution in [0.1, 0.15) is 133 Å². The van der Waals surface area contributed by atoms with E-state index in [9.17, 15) is 14.7 Å². The van der Waals surface area contributed by atoms with Crippen molar-refractivity contribution in [2.75, 3.05) is 11.4 Å². The summed E-state index contributed by atoms with van der Waals surface area (Å²) in [5.41, 5.74) is 0. The van der Waals surface area contributed by atoms with Gasteiger partial charge in [-0.3, -0.25) is 4.79 Å². The molecule has 4 nitrogen and oxygen atoms in total. The van der Waals surface area contributed by atoms with Crippen LogP contribution in [-0.2, 0) is 4.79 Å². The molecular weight excluding hydrogens is 406 g/mol. The largest absolute Gasteiger partial charge is 0.477 e. The zero-order valence-electron chi connectivity index (χ0n) is 20.0. The van der Waals surface area contributed by atoms with Crippen molar-refractivity contribution < 1.29 is 14.7 Å². The van der Waals surface area contributed by atoms with E-state index >= 15 is 0 Å². The maximum Gasteiger partial charge on any atom is 0.345 e. The summed E-state index contributed by atoms with van der Waals surface area (Å²) >= 11 is 1.20. The normalized spacial score (nSPS) is 11.0. The van der Waals surface area contributed by atoms with E-state index in [1.807, 2.05) is 4.90 Å². The Balaban J connectivity index is 2.18. The number of hydrogen-bond acceptors (Lipinski definition) is 3. The van der Waals surface area contributed by atoms with Gasteiger partial charge in [-0.2, -0.15) is 0 Å². The second-order valence-corrected chi connectivity index (χ2v) is 9.75. The third kappa shape index (κ3) is 12.9. The number of amides is 1. The molecule has 1 N–H and O–H groups in total. The van der Waals surface area contributed by atoms with Crippen LogP contribution in [0, 0.1) is 0 Å². The molecule has 0 atom stereocenters. The van der Waals surface area contributed by atoms with Crippen molar-refractivity contribution in [3.63, 3.8) is 0 Å². The number of unbranched alkanes of at least 4 members (excludes halogenated alkanes) is 14. The number of rotatable bonds is 20. The Morgan fingerprint density at radius 1 is 0.742 bits per heavy atom. The van der Waals surface area contributed by atoms with Crippen molar-refractivity contribution >= 4 is 28.2 Å². The van der Waals surface area contributed by atoms with Gasteiger partial charge in [0.05, 0.1) is 5.00 Å². The highest BCUT2D eigenvalue weighted by atomic mass is 32.1. The lowest BCUT2D eigenvalue weighted by atomic mass is 10.0. The summed E-state index contributed by atoms with van der Waals surface area (Å²) in [6.07, 6.45) is 20.8. The number of carboxylic acids is 1. The van der Waals surface area contributed by atoms with Crippen molar-refractivity contribution in [1.82, 2.24) is 0 Å². The van der Waals surface area contributed by atoms with Gasteiger partial charge < -0.3 is 10.0 Å². The molecule has 0 aliphatic heterocycles. The van der Waals surface area contributed by atoms with Gasteiger partial charge in [0.2, 0.25) is 5.91 Å². The summed E-state index contributed by atoms with van der Waals surface area (Å²) in [5.74, 6) is -0.802. The fraction of sp³-hybridized carbons (Fsp3) is 0.769. The van der Waals surface area contributed by atoms with E-state index < -0.39 is 5.97 Å². The molecule has 0 aliphatic carbocycles. The van der Waals surface area contributed by atoms with Gasteiger partial charge in [0, 0.05) is 13.0 Å². The molecule has 1 heterocycles. The van der Waals surface area contributed by atoms with Gasteiger partial charge >= 0.3 is 5.97 Å². The molecule has 0 radical (unpaired) electrons. The minimum atomic E-state index is -0.922. The molecule has 1 amide bonds. The summed E-state index contributed by atoms with van der Waals surface area (Å²) in [6.45, 7) is 5.04.